The molecule has 1 aliphatic heterocycles. The van der Waals surface area contributed by atoms with Crippen LogP contribution in [0.1, 0.15) is 12.8 Å². The van der Waals surface area contributed by atoms with Crippen molar-refractivity contribution in [2.24, 2.45) is 0 Å². The Hall–Kier alpha value is -3.28. The summed E-state index contributed by atoms with van der Waals surface area (Å²) in [4.78, 5) is 22.5. The number of aromatic amines is 1. The number of alkyl halides is 2. The lowest BCUT2D eigenvalue weighted by atomic mass is 10.1. The number of hydrogen-bond donors (Lipinski definition) is 3. The van der Waals surface area contributed by atoms with Crippen molar-refractivity contribution in [1.29, 1.82) is 0 Å². The summed E-state index contributed by atoms with van der Waals surface area (Å²) < 4.78 is 26.2. The van der Waals surface area contributed by atoms with Gasteiger partial charge in [0.25, 0.3) is 6.43 Å². The molecule has 1 saturated heterocycles. The van der Waals surface area contributed by atoms with Gasteiger partial charge in [-0.1, -0.05) is 18.2 Å². The summed E-state index contributed by atoms with van der Waals surface area (Å²) in [7, 11) is 0. The van der Waals surface area contributed by atoms with Crippen LogP contribution >= 0.6 is 11.6 Å². The van der Waals surface area contributed by atoms with Gasteiger partial charge in [-0.3, -0.25) is 14.6 Å². The molecule has 1 atom stereocenters. The minimum absolute atomic E-state index is 0.0524. The van der Waals surface area contributed by atoms with E-state index in [4.69, 9.17) is 11.6 Å². The topological polar surface area (TPSA) is 117 Å². The van der Waals surface area contributed by atoms with Gasteiger partial charge >= 0.3 is 0 Å². The normalized spacial score (nSPS) is 16.6. The SMILES string of the molecule is C=CC(=O)N1CCCC(Nc2nc(Nc3cnn(CC(F)F)c3)nc3n[nH]c(Cl)c23)C1. The van der Waals surface area contributed by atoms with Crippen LogP contribution in [-0.2, 0) is 11.3 Å². The predicted octanol–water partition coefficient (Wildman–Crippen LogP) is 2.80. The van der Waals surface area contributed by atoms with Crippen LogP contribution in [0.15, 0.2) is 25.0 Å². The number of hydrogen-bond acceptors (Lipinski definition) is 7. The van der Waals surface area contributed by atoms with Gasteiger partial charge in [-0.05, 0) is 18.9 Å². The molecule has 0 spiro atoms. The van der Waals surface area contributed by atoms with E-state index in [9.17, 15) is 13.6 Å². The minimum atomic E-state index is -2.51. The third kappa shape index (κ3) is 4.74. The molecule has 164 valence electrons. The zero-order valence-corrected chi connectivity index (χ0v) is 17.1. The van der Waals surface area contributed by atoms with E-state index < -0.39 is 13.0 Å². The number of H-pyrrole nitrogens is 1. The van der Waals surface area contributed by atoms with Crippen LogP contribution in [0, 0.1) is 0 Å². The van der Waals surface area contributed by atoms with Gasteiger partial charge in [0.1, 0.15) is 22.9 Å². The highest BCUT2D eigenvalue weighted by atomic mass is 35.5. The second-order valence-corrected chi connectivity index (χ2v) is 7.45. The second kappa shape index (κ2) is 8.84. The summed E-state index contributed by atoms with van der Waals surface area (Å²) in [6, 6.07) is -0.0524. The van der Waals surface area contributed by atoms with E-state index in [0.717, 1.165) is 17.5 Å². The number of aromatic nitrogens is 6. The standard InChI is InChI=1S/C18H20ClF2N9O/c1-2-13(31)29-5-3-4-10(7-29)23-16-14-15(19)27-28-17(14)26-18(25-16)24-11-6-22-30(8-11)9-12(20)21/h2,6,8,10,12H,1,3-5,7,9H2,(H3,23,24,25,26,27,28). The van der Waals surface area contributed by atoms with E-state index in [-0.39, 0.29) is 23.1 Å². The van der Waals surface area contributed by atoms with Crippen molar-refractivity contribution in [3.8, 4) is 0 Å². The third-order valence-corrected chi connectivity index (χ3v) is 5.11. The number of nitrogens with one attached hydrogen (secondary N) is 3. The molecule has 0 radical (unpaired) electrons. The largest absolute Gasteiger partial charge is 0.365 e. The Bertz CT molecular complexity index is 1100. The van der Waals surface area contributed by atoms with Gasteiger partial charge in [0.05, 0.1) is 11.9 Å². The molecular formula is C18H20ClF2N9O. The summed E-state index contributed by atoms with van der Waals surface area (Å²) in [5.41, 5.74) is 0.785. The molecule has 0 bridgehead atoms. The van der Waals surface area contributed by atoms with Crippen molar-refractivity contribution in [2.75, 3.05) is 23.7 Å². The molecule has 0 saturated carbocycles. The molecule has 10 nitrogen and oxygen atoms in total. The monoisotopic (exact) mass is 451 g/mol. The quantitative estimate of drug-likeness (QED) is 0.473. The molecule has 4 heterocycles. The van der Waals surface area contributed by atoms with Gasteiger partial charge in [-0.2, -0.15) is 20.2 Å². The first-order valence-electron chi connectivity index (χ1n) is 9.60. The Balaban J connectivity index is 1.57. The second-order valence-electron chi connectivity index (χ2n) is 7.07. The molecule has 31 heavy (non-hydrogen) atoms. The molecule has 1 unspecified atom stereocenters. The van der Waals surface area contributed by atoms with Crippen molar-refractivity contribution in [2.45, 2.75) is 31.9 Å². The molecule has 13 heteroatoms. The average molecular weight is 452 g/mol. The lowest BCUT2D eigenvalue weighted by molar-refractivity contribution is -0.127. The Morgan fingerprint density at radius 3 is 3.06 bits per heavy atom. The lowest BCUT2D eigenvalue weighted by Crippen LogP contribution is -2.44. The molecule has 1 amide bonds. The van der Waals surface area contributed by atoms with Crippen LogP contribution in [0.5, 0.6) is 0 Å². The highest BCUT2D eigenvalue weighted by Crippen LogP contribution is 2.29. The van der Waals surface area contributed by atoms with Crippen LogP contribution in [0.2, 0.25) is 5.15 Å². The number of carbonyl (C=O) groups is 1. The summed E-state index contributed by atoms with van der Waals surface area (Å²) in [5, 5.41) is 17.7. The summed E-state index contributed by atoms with van der Waals surface area (Å²) in [6.45, 7) is 4.20. The number of anilines is 3. The number of amides is 1. The third-order valence-electron chi connectivity index (χ3n) is 4.83. The molecule has 0 aliphatic carbocycles. The maximum absolute atomic E-state index is 12.5. The van der Waals surface area contributed by atoms with Crippen LogP contribution in [0.25, 0.3) is 11.0 Å². The minimum Gasteiger partial charge on any atom is -0.365 e. The van der Waals surface area contributed by atoms with E-state index in [1.165, 1.54) is 18.5 Å². The Morgan fingerprint density at radius 1 is 1.45 bits per heavy atom. The van der Waals surface area contributed by atoms with Crippen molar-refractivity contribution in [3.05, 3.63) is 30.2 Å². The Labute approximate surface area is 180 Å². The molecule has 3 N–H and O–H groups in total. The number of carbonyl (C=O) groups excluding carboxylic acids is 1. The van der Waals surface area contributed by atoms with Crippen molar-refractivity contribution in [3.63, 3.8) is 0 Å². The number of nitrogens with zero attached hydrogens (tertiary/aromatic N) is 6. The van der Waals surface area contributed by atoms with Crippen molar-refractivity contribution >= 4 is 46.0 Å². The molecule has 1 fully saturated rings. The Kier molecular flexibility index (Phi) is 5.98. The van der Waals surface area contributed by atoms with Crippen LogP contribution < -0.4 is 10.6 Å². The zero-order valence-electron chi connectivity index (χ0n) is 16.4. The maximum Gasteiger partial charge on any atom is 0.257 e. The van der Waals surface area contributed by atoms with Crippen LogP contribution in [0.4, 0.5) is 26.2 Å². The summed E-state index contributed by atoms with van der Waals surface area (Å²) in [6.07, 6.45) is 3.30. The van der Waals surface area contributed by atoms with E-state index in [1.807, 2.05) is 0 Å². The summed E-state index contributed by atoms with van der Waals surface area (Å²) >= 11 is 6.24. The lowest BCUT2D eigenvalue weighted by Gasteiger charge is -2.32. The highest BCUT2D eigenvalue weighted by Gasteiger charge is 2.24. The first-order valence-corrected chi connectivity index (χ1v) is 9.98. The number of piperidine rings is 1. The van der Waals surface area contributed by atoms with Gasteiger partial charge in [-0.15, -0.1) is 0 Å². The number of likely N-dealkylation sites (tertiary alicyclic amines) is 1. The van der Waals surface area contributed by atoms with Crippen LogP contribution in [-0.4, -0.2) is 66.3 Å². The van der Waals surface area contributed by atoms with Crippen LogP contribution in [0.3, 0.4) is 0 Å². The molecule has 1 aliphatic rings. The molecule has 3 aromatic heterocycles. The zero-order chi connectivity index (χ0) is 22.0. The van der Waals surface area contributed by atoms with Gasteiger partial charge in [0.15, 0.2) is 5.65 Å². The summed E-state index contributed by atoms with van der Waals surface area (Å²) in [5.74, 6) is 0.526. The molecule has 3 aromatic rings. The number of rotatable bonds is 7. The van der Waals surface area contributed by atoms with Gasteiger partial charge in [-0.25, -0.2) is 8.78 Å². The first-order chi connectivity index (χ1) is 14.9. The maximum atomic E-state index is 12.5. The highest BCUT2D eigenvalue weighted by molar-refractivity contribution is 6.35. The number of fused-ring (bicyclic) bond motifs is 1. The smallest absolute Gasteiger partial charge is 0.257 e. The van der Waals surface area contributed by atoms with Gasteiger partial charge in [0, 0.05) is 25.3 Å². The fraction of sp³-hybridized carbons (Fsp3) is 0.389. The van der Waals surface area contributed by atoms with Crippen molar-refractivity contribution in [1.82, 2.24) is 34.8 Å². The Morgan fingerprint density at radius 2 is 2.29 bits per heavy atom. The number of halogens is 3. The van der Waals surface area contributed by atoms with Gasteiger partial charge in [0.2, 0.25) is 11.9 Å². The molecular weight excluding hydrogens is 432 g/mol. The predicted molar refractivity (Wildman–Crippen MR) is 112 cm³/mol. The fourth-order valence-electron chi connectivity index (χ4n) is 3.47. The first kappa shape index (κ1) is 21.0. The van der Waals surface area contributed by atoms with E-state index in [2.05, 4.69) is 42.5 Å². The van der Waals surface area contributed by atoms with E-state index >= 15 is 0 Å². The van der Waals surface area contributed by atoms with E-state index in [1.54, 1.807) is 4.90 Å². The molecule has 4 rings (SSSR count). The van der Waals surface area contributed by atoms with Gasteiger partial charge < -0.3 is 15.5 Å². The fourth-order valence-corrected chi connectivity index (χ4v) is 3.68. The van der Waals surface area contributed by atoms with Crippen molar-refractivity contribution < 1.29 is 13.6 Å². The molecule has 0 aromatic carbocycles. The van der Waals surface area contributed by atoms with E-state index in [0.29, 0.717) is 35.6 Å². The average Bonchev–Trinajstić information content (AvgIpc) is 3.33.